The number of nitrogens with zero attached hydrogens (tertiary/aromatic N) is 1. The third kappa shape index (κ3) is 2.44. The zero-order valence-corrected chi connectivity index (χ0v) is 12.5. The van der Waals surface area contributed by atoms with E-state index in [9.17, 15) is 4.79 Å². The monoisotopic (exact) mass is 302 g/mol. The minimum Gasteiger partial charge on any atom is -0.458 e. The van der Waals surface area contributed by atoms with Gasteiger partial charge in [-0.1, -0.05) is 36.4 Å². The van der Waals surface area contributed by atoms with Crippen LogP contribution in [0.3, 0.4) is 0 Å². The van der Waals surface area contributed by atoms with Crippen LogP contribution in [-0.4, -0.2) is 9.97 Å². The fourth-order valence-electron chi connectivity index (χ4n) is 2.63. The van der Waals surface area contributed by atoms with Crippen LogP contribution < -0.4 is 5.56 Å². The lowest BCUT2D eigenvalue weighted by Crippen LogP contribution is -2.09. The Labute approximate surface area is 132 Å². The summed E-state index contributed by atoms with van der Waals surface area (Å²) in [6.07, 6.45) is 0. The topological polar surface area (TPSA) is 58.9 Å². The number of aromatic amines is 1. The highest BCUT2D eigenvalue weighted by atomic mass is 16.3. The van der Waals surface area contributed by atoms with Gasteiger partial charge in [0, 0.05) is 0 Å². The van der Waals surface area contributed by atoms with Crippen LogP contribution in [0.2, 0.25) is 0 Å². The summed E-state index contributed by atoms with van der Waals surface area (Å²) < 4.78 is 5.53. The van der Waals surface area contributed by atoms with Crippen molar-refractivity contribution in [1.29, 1.82) is 0 Å². The minimum absolute atomic E-state index is 0.170. The molecular formula is C19H14N2O2. The Balaban J connectivity index is 1.88. The van der Waals surface area contributed by atoms with Crippen molar-refractivity contribution in [2.75, 3.05) is 0 Å². The average molecular weight is 302 g/mol. The molecule has 0 saturated carbocycles. The number of hydrogen-bond acceptors (Lipinski definition) is 3. The summed E-state index contributed by atoms with van der Waals surface area (Å²) in [6, 6.07) is 19.3. The maximum Gasteiger partial charge on any atom is 0.259 e. The molecule has 2 aromatic heterocycles. The van der Waals surface area contributed by atoms with Crippen molar-refractivity contribution in [3.8, 4) is 22.7 Å². The van der Waals surface area contributed by atoms with E-state index in [2.05, 4.69) is 9.97 Å². The van der Waals surface area contributed by atoms with Crippen LogP contribution in [-0.2, 0) is 0 Å². The predicted octanol–water partition coefficient (Wildman–Crippen LogP) is 4.16. The second kappa shape index (κ2) is 5.25. The van der Waals surface area contributed by atoms with Gasteiger partial charge < -0.3 is 9.40 Å². The summed E-state index contributed by atoms with van der Waals surface area (Å²) in [6.45, 7) is 1.86. The van der Waals surface area contributed by atoms with Gasteiger partial charge in [-0.2, -0.15) is 0 Å². The van der Waals surface area contributed by atoms with E-state index in [1.807, 2.05) is 61.5 Å². The first-order valence-corrected chi connectivity index (χ1v) is 7.37. The summed E-state index contributed by atoms with van der Waals surface area (Å²) in [4.78, 5) is 19.7. The number of rotatable bonds is 2. The quantitative estimate of drug-likeness (QED) is 0.605. The molecule has 0 aliphatic heterocycles. The van der Waals surface area contributed by atoms with Gasteiger partial charge in [0.2, 0.25) is 0 Å². The Morgan fingerprint density at radius 1 is 0.957 bits per heavy atom. The molecular weight excluding hydrogens is 288 g/mol. The molecule has 0 fully saturated rings. The second-order valence-electron chi connectivity index (χ2n) is 5.42. The summed E-state index contributed by atoms with van der Waals surface area (Å²) in [5.74, 6) is 1.79. The second-order valence-corrected chi connectivity index (χ2v) is 5.42. The average Bonchev–Trinajstić information content (AvgIpc) is 3.02. The maximum absolute atomic E-state index is 12.4. The molecule has 112 valence electrons. The number of H-pyrrole nitrogens is 1. The highest BCUT2D eigenvalue weighted by molar-refractivity contribution is 5.84. The van der Waals surface area contributed by atoms with E-state index in [-0.39, 0.29) is 5.56 Å². The molecule has 0 aliphatic rings. The molecule has 0 unspecified atom stereocenters. The Morgan fingerprint density at radius 2 is 1.78 bits per heavy atom. The minimum atomic E-state index is -0.170. The van der Waals surface area contributed by atoms with Gasteiger partial charge in [-0.15, -0.1) is 0 Å². The molecule has 2 aromatic carbocycles. The molecule has 0 atom stereocenters. The molecule has 0 spiro atoms. The van der Waals surface area contributed by atoms with Crippen molar-refractivity contribution in [2.45, 2.75) is 6.92 Å². The Morgan fingerprint density at radius 3 is 2.52 bits per heavy atom. The number of aromatic nitrogens is 2. The number of hydrogen-bond donors (Lipinski definition) is 1. The van der Waals surface area contributed by atoms with Crippen LogP contribution in [0.5, 0.6) is 0 Å². The largest absolute Gasteiger partial charge is 0.458 e. The molecule has 4 rings (SSSR count). The Hall–Kier alpha value is -3.14. The number of aryl methyl sites for hydroxylation is 1. The Bertz CT molecular complexity index is 1050. The molecule has 0 bridgehead atoms. The van der Waals surface area contributed by atoms with Crippen molar-refractivity contribution in [2.24, 2.45) is 0 Å². The zero-order chi connectivity index (χ0) is 15.8. The first kappa shape index (κ1) is 13.5. The van der Waals surface area contributed by atoms with E-state index in [4.69, 9.17) is 4.42 Å². The van der Waals surface area contributed by atoms with Gasteiger partial charge in [-0.25, -0.2) is 4.98 Å². The molecule has 0 radical (unpaired) electrons. The zero-order valence-electron chi connectivity index (χ0n) is 12.5. The molecule has 0 aliphatic carbocycles. The van der Waals surface area contributed by atoms with E-state index in [1.165, 1.54) is 0 Å². The lowest BCUT2D eigenvalue weighted by atomic mass is 10.0. The summed E-state index contributed by atoms with van der Waals surface area (Å²) in [5.41, 5.74) is 2.54. The van der Waals surface area contributed by atoms with E-state index in [0.29, 0.717) is 22.5 Å². The van der Waals surface area contributed by atoms with Crippen molar-refractivity contribution >= 4 is 10.9 Å². The van der Waals surface area contributed by atoms with Gasteiger partial charge in [0.1, 0.15) is 5.76 Å². The van der Waals surface area contributed by atoms with E-state index < -0.39 is 0 Å². The highest BCUT2D eigenvalue weighted by Crippen LogP contribution is 2.23. The van der Waals surface area contributed by atoms with Crippen LogP contribution in [0.25, 0.3) is 33.6 Å². The highest BCUT2D eigenvalue weighted by Gasteiger charge is 2.10. The van der Waals surface area contributed by atoms with Crippen LogP contribution in [0.4, 0.5) is 0 Å². The molecule has 4 heteroatoms. The van der Waals surface area contributed by atoms with Gasteiger partial charge in [0.15, 0.2) is 11.6 Å². The van der Waals surface area contributed by atoms with Gasteiger partial charge >= 0.3 is 0 Å². The fraction of sp³-hybridized carbons (Fsp3) is 0.0526. The normalized spacial score (nSPS) is 11.0. The first-order chi connectivity index (χ1) is 11.2. The first-order valence-electron chi connectivity index (χ1n) is 7.37. The standard InChI is InChI=1S/C19H14N2O2/c1-12-7-10-17(23-12)18-20-16-9-8-14(11-15(16)19(22)21-18)13-5-3-2-4-6-13/h2-11H,1H3,(H,20,21,22). The van der Waals surface area contributed by atoms with Crippen LogP contribution in [0.15, 0.2) is 69.9 Å². The summed E-state index contributed by atoms with van der Waals surface area (Å²) in [7, 11) is 0. The van der Waals surface area contributed by atoms with Crippen molar-refractivity contribution in [3.05, 3.63) is 76.8 Å². The van der Waals surface area contributed by atoms with Crippen molar-refractivity contribution in [3.63, 3.8) is 0 Å². The molecule has 4 nitrogen and oxygen atoms in total. The SMILES string of the molecule is Cc1ccc(-c2nc3ccc(-c4ccccc4)cc3c(=O)[nH]2)o1. The van der Waals surface area contributed by atoms with E-state index in [0.717, 1.165) is 16.9 Å². The fourth-order valence-corrected chi connectivity index (χ4v) is 2.63. The van der Waals surface area contributed by atoms with Gasteiger partial charge in [-0.05, 0) is 42.3 Å². The van der Waals surface area contributed by atoms with Crippen LogP contribution in [0.1, 0.15) is 5.76 Å². The summed E-state index contributed by atoms with van der Waals surface area (Å²) in [5, 5.41) is 0.568. The number of fused-ring (bicyclic) bond motifs is 1. The van der Waals surface area contributed by atoms with Gasteiger partial charge in [0.05, 0.1) is 10.9 Å². The molecule has 4 aromatic rings. The van der Waals surface area contributed by atoms with Gasteiger partial charge in [0.25, 0.3) is 5.56 Å². The third-order valence-electron chi connectivity index (χ3n) is 3.79. The summed E-state index contributed by atoms with van der Waals surface area (Å²) >= 11 is 0. The van der Waals surface area contributed by atoms with Crippen LogP contribution >= 0.6 is 0 Å². The molecule has 0 saturated heterocycles. The lowest BCUT2D eigenvalue weighted by molar-refractivity contribution is 0.544. The van der Waals surface area contributed by atoms with Gasteiger partial charge in [-0.3, -0.25) is 4.79 Å². The molecule has 1 N–H and O–H groups in total. The van der Waals surface area contributed by atoms with Crippen molar-refractivity contribution < 1.29 is 4.42 Å². The third-order valence-corrected chi connectivity index (χ3v) is 3.79. The van der Waals surface area contributed by atoms with E-state index in [1.54, 1.807) is 6.07 Å². The Kier molecular flexibility index (Phi) is 3.08. The van der Waals surface area contributed by atoms with Crippen LogP contribution in [0, 0.1) is 6.92 Å². The molecule has 2 heterocycles. The number of benzene rings is 2. The predicted molar refractivity (Wildman–Crippen MR) is 90.2 cm³/mol. The number of furan rings is 1. The maximum atomic E-state index is 12.4. The number of nitrogens with one attached hydrogen (secondary N) is 1. The molecule has 23 heavy (non-hydrogen) atoms. The lowest BCUT2D eigenvalue weighted by Gasteiger charge is -2.04. The molecule has 0 amide bonds. The van der Waals surface area contributed by atoms with E-state index >= 15 is 0 Å². The van der Waals surface area contributed by atoms with Crippen molar-refractivity contribution in [1.82, 2.24) is 9.97 Å². The smallest absolute Gasteiger partial charge is 0.259 e.